The molecule has 0 bridgehead atoms. The van der Waals surface area contributed by atoms with Crippen molar-refractivity contribution in [2.75, 3.05) is 25.5 Å². The summed E-state index contributed by atoms with van der Waals surface area (Å²) in [5.41, 5.74) is 2.22. The van der Waals surface area contributed by atoms with E-state index in [4.69, 9.17) is 4.74 Å². The minimum absolute atomic E-state index is 0.0980. The number of hydrogen-bond acceptors (Lipinski definition) is 3. The lowest BCUT2D eigenvalue weighted by Gasteiger charge is -2.41. The van der Waals surface area contributed by atoms with E-state index in [2.05, 4.69) is 30.4 Å². The van der Waals surface area contributed by atoms with Crippen molar-refractivity contribution >= 4 is 11.6 Å². The van der Waals surface area contributed by atoms with E-state index >= 15 is 0 Å². The number of ether oxygens (including phenoxy) is 1. The quantitative estimate of drug-likeness (QED) is 0.909. The zero-order valence-electron chi connectivity index (χ0n) is 12.9. The molecule has 1 aromatic rings. The van der Waals surface area contributed by atoms with Crippen LogP contribution in [0.15, 0.2) is 24.3 Å². The van der Waals surface area contributed by atoms with Gasteiger partial charge in [-0.2, -0.15) is 0 Å². The van der Waals surface area contributed by atoms with Crippen LogP contribution in [0.4, 0.5) is 5.69 Å². The maximum absolute atomic E-state index is 12.8. The molecule has 0 saturated carbocycles. The summed E-state index contributed by atoms with van der Waals surface area (Å²) < 4.78 is 5.59. The second kappa shape index (κ2) is 5.68. The highest BCUT2D eigenvalue weighted by Crippen LogP contribution is 2.28. The monoisotopic (exact) mass is 288 g/mol. The van der Waals surface area contributed by atoms with Gasteiger partial charge in [-0.3, -0.25) is 4.79 Å². The standard InChI is InChI=1S/C17H24N2O2/c1-17(21-2)10-5-11-19(12-17)16(20)15-9-8-13-6-3-4-7-14(13)18-15/h3-4,6-7,15,18H,5,8-12H2,1-2H3. The number of para-hydroxylation sites is 1. The average molecular weight is 288 g/mol. The van der Waals surface area contributed by atoms with E-state index in [-0.39, 0.29) is 17.6 Å². The summed E-state index contributed by atoms with van der Waals surface area (Å²) in [4.78, 5) is 14.7. The number of anilines is 1. The molecule has 2 atom stereocenters. The first-order valence-corrected chi connectivity index (χ1v) is 7.80. The van der Waals surface area contributed by atoms with Crippen LogP contribution in [0.1, 0.15) is 31.7 Å². The zero-order valence-corrected chi connectivity index (χ0v) is 12.9. The molecule has 0 aromatic heterocycles. The fourth-order valence-corrected chi connectivity index (χ4v) is 3.40. The molecule has 1 aromatic carbocycles. The van der Waals surface area contributed by atoms with Crippen LogP contribution >= 0.6 is 0 Å². The third-order valence-electron chi connectivity index (χ3n) is 4.81. The lowest BCUT2D eigenvalue weighted by molar-refractivity contribution is -0.140. The number of nitrogens with one attached hydrogen (secondary N) is 1. The molecule has 0 spiro atoms. The molecule has 0 aliphatic carbocycles. The number of benzene rings is 1. The predicted molar refractivity (Wildman–Crippen MR) is 83.4 cm³/mol. The Kier molecular flexibility index (Phi) is 3.89. The predicted octanol–water partition coefficient (Wildman–Crippen LogP) is 2.44. The molecule has 0 radical (unpaired) electrons. The highest BCUT2D eigenvalue weighted by Gasteiger charge is 2.36. The Morgan fingerprint density at radius 3 is 3.05 bits per heavy atom. The topological polar surface area (TPSA) is 41.6 Å². The van der Waals surface area contributed by atoms with Gasteiger partial charge in [-0.1, -0.05) is 18.2 Å². The molecule has 2 heterocycles. The lowest BCUT2D eigenvalue weighted by Crippen LogP contribution is -2.54. The summed E-state index contributed by atoms with van der Waals surface area (Å²) >= 11 is 0. The third-order valence-corrected chi connectivity index (χ3v) is 4.81. The van der Waals surface area contributed by atoms with Crippen LogP contribution in [0.2, 0.25) is 0 Å². The van der Waals surface area contributed by atoms with E-state index in [1.165, 1.54) is 5.56 Å². The van der Waals surface area contributed by atoms with Crippen molar-refractivity contribution in [1.82, 2.24) is 4.90 Å². The van der Waals surface area contributed by atoms with E-state index in [0.717, 1.165) is 37.9 Å². The Morgan fingerprint density at radius 1 is 1.43 bits per heavy atom. The van der Waals surface area contributed by atoms with Gasteiger partial charge in [0, 0.05) is 25.9 Å². The van der Waals surface area contributed by atoms with Crippen molar-refractivity contribution in [2.45, 2.75) is 44.2 Å². The summed E-state index contributed by atoms with van der Waals surface area (Å²) in [7, 11) is 1.74. The number of fused-ring (bicyclic) bond motifs is 1. The van der Waals surface area contributed by atoms with Gasteiger partial charge in [-0.05, 0) is 44.2 Å². The Bertz CT molecular complexity index is 531. The molecular weight excluding hydrogens is 264 g/mol. The van der Waals surface area contributed by atoms with Gasteiger partial charge >= 0.3 is 0 Å². The van der Waals surface area contributed by atoms with Crippen LogP contribution in [-0.2, 0) is 16.0 Å². The average Bonchev–Trinajstić information content (AvgIpc) is 2.54. The fraction of sp³-hybridized carbons (Fsp3) is 0.588. The molecule has 4 nitrogen and oxygen atoms in total. The van der Waals surface area contributed by atoms with E-state index in [1.807, 2.05) is 11.0 Å². The van der Waals surface area contributed by atoms with Crippen molar-refractivity contribution in [1.29, 1.82) is 0 Å². The molecular formula is C17H24N2O2. The summed E-state index contributed by atoms with van der Waals surface area (Å²) in [5.74, 6) is 0.215. The summed E-state index contributed by atoms with van der Waals surface area (Å²) in [6, 6.07) is 8.16. The van der Waals surface area contributed by atoms with E-state index in [9.17, 15) is 4.79 Å². The van der Waals surface area contributed by atoms with Crippen LogP contribution in [0.25, 0.3) is 0 Å². The first-order valence-electron chi connectivity index (χ1n) is 7.80. The Balaban J connectivity index is 1.69. The van der Waals surface area contributed by atoms with Gasteiger partial charge in [-0.25, -0.2) is 0 Å². The van der Waals surface area contributed by atoms with Gasteiger partial charge < -0.3 is 15.0 Å². The maximum Gasteiger partial charge on any atom is 0.245 e. The highest BCUT2D eigenvalue weighted by atomic mass is 16.5. The minimum Gasteiger partial charge on any atom is -0.377 e. The van der Waals surface area contributed by atoms with Crippen molar-refractivity contribution in [3.05, 3.63) is 29.8 Å². The number of methoxy groups -OCH3 is 1. The Labute approximate surface area is 126 Å². The number of rotatable bonds is 2. The van der Waals surface area contributed by atoms with Gasteiger partial charge in [0.1, 0.15) is 6.04 Å². The van der Waals surface area contributed by atoms with Crippen molar-refractivity contribution in [2.24, 2.45) is 0 Å². The number of likely N-dealkylation sites (tertiary alicyclic amines) is 1. The van der Waals surface area contributed by atoms with Gasteiger partial charge in [0.05, 0.1) is 5.60 Å². The van der Waals surface area contributed by atoms with Crippen LogP contribution in [0, 0.1) is 0 Å². The Morgan fingerprint density at radius 2 is 2.24 bits per heavy atom. The first kappa shape index (κ1) is 14.4. The van der Waals surface area contributed by atoms with Gasteiger partial charge in [-0.15, -0.1) is 0 Å². The fourth-order valence-electron chi connectivity index (χ4n) is 3.40. The molecule has 1 fully saturated rings. The zero-order chi connectivity index (χ0) is 14.9. The number of nitrogens with zero attached hydrogens (tertiary/aromatic N) is 1. The minimum atomic E-state index is -0.194. The SMILES string of the molecule is COC1(C)CCCN(C(=O)C2CCc3ccccc3N2)C1. The van der Waals surface area contributed by atoms with E-state index in [0.29, 0.717) is 6.54 Å². The third kappa shape index (κ3) is 2.91. The molecule has 3 rings (SSSR count). The molecule has 4 heteroatoms. The van der Waals surface area contributed by atoms with Gasteiger partial charge in [0.25, 0.3) is 0 Å². The first-order chi connectivity index (χ1) is 10.1. The van der Waals surface area contributed by atoms with Crippen molar-refractivity contribution in [3.8, 4) is 0 Å². The van der Waals surface area contributed by atoms with Crippen LogP contribution < -0.4 is 5.32 Å². The number of carbonyl (C=O) groups excluding carboxylic acids is 1. The summed E-state index contributed by atoms with van der Waals surface area (Å²) in [5, 5.41) is 3.41. The second-order valence-corrected chi connectivity index (χ2v) is 6.41. The molecule has 2 unspecified atom stereocenters. The van der Waals surface area contributed by atoms with E-state index < -0.39 is 0 Å². The summed E-state index contributed by atoms with van der Waals surface area (Å²) in [6.45, 7) is 3.63. The molecule has 1 saturated heterocycles. The van der Waals surface area contributed by atoms with Gasteiger partial charge in [0.2, 0.25) is 5.91 Å². The normalized spacial score (nSPS) is 28.7. The Hall–Kier alpha value is -1.55. The number of aryl methyl sites for hydroxylation is 1. The second-order valence-electron chi connectivity index (χ2n) is 6.41. The van der Waals surface area contributed by atoms with Crippen LogP contribution in [0.5, 0.6) is 0 Å². The van der Waals surface area contributed by atoms with Crippen molar-refractivity contribution < 1.29 is 9.53 Å². The number of hydrogen-bond donors (Lipinski definition) is 1. The van der Waals surface area contributed by atoms with Crippen molar-refractivity contribution in [3.63, 3.8) is 0 Å². The van der Waals surface area contributed by atoms with Gasteiger partial charge in [0.15, 0.2) is 0 Å². The van der Waals surface area contributed by atoms with Crippen LogP contribution in [0.3, 0.4) is 0 Å². The number of carbonyl (C=O) groups is 1. The maximum atomic E-state index is 12.8. The molecule has 1 amide bonds. The van der Waals surface area contributed by atoms with Crippen LogP contribution in [-0.4, -0.2) is 42.6 Å². The summed E-state index contributed by atoms with van der Waals surface area (Å²) in [6.07, 6.45) is 3.87. The smallest absolute Gasteiger partial charge is 0.245 e. The largest absolute Gasteiger partial charge is 0.377 e. The number of piperidine rings is 1. The lowest BCUT2D eigenvalue weighted by atomic mass is 9.92. The molecule has 114 valence electrons. The molecule has 2 aliphatic rings. The molecule has 1 N–H and O–H groups in total. The number of amides is 1. The molecule has 21 heavy (non-hydrogen) atoms. The van der Waals surface area contributed by atoms with E-state index in [1.54, 1.807) is 7.11 Å². The highest BCUT2D eigenvalue weighted by molar-refractivity contribution is 5.86. The molecule has 2 aliphatic heterocycles.